The normalized spacial score (nSPS) is 12.0. The molecule has 1 heterocycles. The molecule has 0 bridgehead atoms. The van der Waals surface area contributed by atoms with E-state index in [4.69, 9.17) is 9.98 Å². The van der Waals surface area contributed by atoms with E-state index in [0.29, 0.717) is 0 Å². The van der Waals surface area contributed by atoms with E-state index in [0.717, 1.165) is 22.8 Å². The fourth-order valence-corrected chi connectivity index (χ4v) is 4.03. The Hall–Kier alpha value is -0.541. The number of hydrogen-bond donors (Lipinski definition) is 0. The third-order valence-corrected chi connectivity index (χ3v) is 6.06. The summed E-state index contributed by atoms with van der Waals surface area (Å²) < 4.78 is 0. The molecule has 0 atom stereocenters. The number of thiophene rings is 1. The van der Waals surface area contributed by atoms with Gasteiger partial charge in [-0.3, -0.25) is 9.98 Å². The standard InChI is InChI=1S/C24H26N2S.Fe.2HI/c1-15-9-7-10-16(2)23(15)25-19(5)21-13-14-22(27-21)20(6)26-24-17(3)11-8-12-18(24)4;;;/h7-14H,1-6H3;;2*1H/q;+2;;/p-2. The molecule has 0 aliphatic rings. The van der Waals surface area contributed by atoms with Crippen LogP contribution in [0.5, 0.6) is 0 Å². The summed E-state index contributed by atoms with van der Waals surface area (Å²) in [5, 5.41) is 0. The molecule has 3 aromatic rings. The molecule has 0 unspecified atom stereocenters. The van der Waals surface area contributed by atoms with Crippen LogP contribution in [-0.4, -0.2) is 11.4 Å². The van der Waals surface area contributed by atoms with Crippen molar-refractivity contribution in [1.29, 1.82) is 0 Å². The second-order valence-corrected chi connectivity index (χ2v) is 17.5. The van der Waals surface area contributed by atoms with Crippen molar-refractivity contribution >= 4 is 74.8 Å². The Labute approximate surface area is 213 Å². The number of aryl methyl sites for hydroxylation is 4. The molecule has 0 radical (unpaired) electrons. The Balaban J connectivity index is 0.00000101. The number of rotatable bonds is 4. The molecule has 160 valence electrons. The molecule has 3 rings (SSSR count). The number of aliphatic imine (C=N–C) groups is 2. The molecule has 0 N–H and O–H groups in total. The van der Waals surface area contributed by atoms with Gasteiger partial charge in [-0.15, -0.1) is 11.3 Å². The van der Waals surface area contributed by atoms with Crippen LogP contribution in [0, 0.1) is 27.7 Å². The van der Waals surface area contributed by atoms with Crippen molar-refractivity contribution < 1.29 is 8.46 Å². The van der Waals surface area contributed by atoms with Crippen LogP contribution in [0.1, 0.15) is 45.9 Å². The van der Waals surface area contributed by atoms with Crippen molar-refractivity contribution in [3.63, 3.8) is 0 Å². The van der Waals surface area contributed by atoms with Crippen LogP contribution in [-0.2, 0) is 8.46 Å². The first-order valence-electron chi connectivity index (χ1n) is 9.47. The second-order valence-electron chi connectivity index (χ2n) is 7.09. The molecule has 0 saturated carbocycles. The zero-order valence-corrected chi connectivity index (χ0v) is 24.3. The molecule has 2 nitrogen and oxygen atoms in total. The van der Waals surface area contributed by atoms with Crippen molar-refractivity contribution in [3.8, 4) is 0 Å². The predicted octanol–water partition coefficient (Wildman–Crippen LogP) is 9.03. The molecule has 0 aliphatic carbocycles. The maximum atomic E-state index is 4.90. The summed E-state index contributed by atoms with van der Waals surface area (Å²) >= 11 is 6.30. The first kappa shape index (κ1) is 25.7. The SMILES string of the molecule is CC(=Nc1c(C)cccc1C)c1ccc(C(C)=Nc2c(C)cccc2C)s1.[I][Fe][I]. The summed E-state index contributed by atoms with van der Waals surface area (Å²) in [5.74, 6) is 0. The van der Waals surface area contributed by atoms with Gasteiger partial charge in [0.2, 0.25) is 0 Å². The molecule has 0 amide bonds. The number of hydrogen-bond acceptors (Lipinski definition) is 3. The minimum atomic E-state index is 1.04. The van der Waals surface area contributed by atoms with Crippen molar-refractivity contribution in [2.24, 2.45) is 9.98 Å². The molecule has 0 fully saturated rings. The molecular formula is C24H26FeI2N2S. The van der Waals surface area contributed by atoms with E-state index in [1.165, 1.54) is 40.5 Å². The number of para-hydroxylation sites is 2. The van der Waals surface area contributed by atoms with Gasteiger partial charge < -0.3 is 0 Å². The summed E-state index contributed by atoms with van der Waals surface area (Å²) in [6.07, 6.45) is 0. The van der Waals surface area contributed by atoms with Crippen LogP contribution in [0.4, 0.5) is 11.4 Å². The summed E-state index contributed by atoms with van der Waals surface area (Å²) in [4.78, 5) is 12.2. The average Bonchev–Trinajstić information content (AvgIpc) is 3.19. The van der Waals surface area contributed by atoms with Gasteiger partial charge in [0, 0.05) is 9.75 Å². The Kier molecular flexibility index (Phi) is 10.7. The summed E-state index contributed by atoms with van der Waals surface area (Å²) in [5.41, 5.74) is 9.07. The van der Waals surface area contributed by atoms with Crippen molar-refractivity contribution in [1.82, 2.24) is 0 Å². The number of nitrogens with zero attached hydrogens (tertiary/aromatic N) is 2. The fraction of sp³-hybridized carbons (Fsp3) is 0.250. The van der Waals surface area contributed by atoms with Crippen LogP contribution in [0.3, 0.4) is 0 Å². The fourth-order valence-electron chi connectivity index (χ4n) is 3.14. The van der Waals surface area contributed by atoms with Gasteiger partial charge in [0.25, 0.3) is 0 Å². The van der Waals surface area contributed by atoms with Gasteiger partial charge in [0.15, 0.2) is 0 Å². The minimum absolute atomic E-state index is 1.04. The van der Waals surface area contributed by atoms with E-state index in [1.54, 1.807) is 11.3 Å². The predicted molar refractivity (Wildman–Crippen MR) is 148 cm³/mol. The molecule has 2 aromatic carbocycles. The van der Waals surface area contributed by atoms with Crippen LogP contribution in [0.15, 0.2) is 58.5 Å². The van der Waals surface area contributed by atoms with Crippen molar-refractivity contribution in [2.45, 2.75) is 41.5 Å². The first-order chi connectivity index (χ1) is 14.3. The monoisotopic (exact) mass is 684 g/mol. The van der Waals surface area contributed by atoms with Crippen molar-refractivity contribution in [3.05, 3.63) is 80.5 Å². The number of halogens is 2. The third-order valence-electron chi connectivity index (χ3n) is 4.76. The molecule has 30 heavy (non-hydrogen) atoms. The zero-order chi connectivity index (χ0) is 22.3. The Bertz CT molecular complexity index is 948. The second kappa shape index (κ2) is 12.5. The summed E-state index contributed by atoms with van der Waals surface area (Å²) in [7, 11) is 1.19. The van der Waals surface area contributed by atoms with Crippen LogP contribution in [0.25, 0.3) is 0 Å². The van der Waals surface area contributed by atoms with E-state index in [9.17, 15) is 0 Å². The third kappa shape index (κ3) is 6.99. The molecular weight excluding hydrogens is 658 g/mol. The quantitative estimate of drug-likeness (QED) is 0.149. The summed E-state index contributed by atoms with van der Waals surface area (Å²) in [6.45, 7) is 12.6. The van der Waals surface area contributed by atoms with Gasteiger partial charge in [0.05, 0.1) is 22.8 Å². The van der Waals surface area contributed by atoms with E-state index in [2.05, 4.69) is 131 Å². The molecule has 0 spiro atoms. The molecule has 0 saturated heterocycles. The van der Waals surface area contributed by atoms with Gasteiger partial charge >= 0.3 is 49.1 Å². The van der Waals surface area contributed by atoms with Crippen molar-refractivity contribution in [2.75, 3.05) is 0 Å². The Morgan fingerprint density at radius 3 is 1.27 bits per heavy atom. The number of benzene rings is 2. The zero-order valence-electron chi connectivity index (χ0n) is 18.0. The Morgan fingerprint density at radius 1 is 0.667 bits per heavy atom. The Morgan fingerprint density at radius 2 is 0.967 bits per heavy atom. The van der Waals surface area contributed by atoms with Crippen LogP contribution >= 0.6 is 52.0 Å². The van der Waals surface area contributed by atoms with Gasteiger partial charge in [0.1, 0.15) is 0 Å². The first-order valence-corrected chi connectivity index (χ1v) is 17.4. The topological polar surface area (TPSA) is 24.7 Å². The van der Waals surface area contributed by atoms with Crippen LogP contribution < -0.4 is 0 Å². The van der Waals surface area contributed by atoms with E-state index >= 15 is 0 Å². The van der Waals surface area contributed by atoms with Gasteiger partial charge in [-0.05, 0) is 75.9 Å². The molecule has 6 heteroatoms. The van der Waals surface area contributed by atoms with Gasteiger partial charge in [-0.2, -0.15) is 0 Å². The van der Waals surface area contributed by atoms with E-state index < -0.39 is 0 Å². The summed E-state index contributed by atoms with van der Waals surface area (Å²) in [6, 6.07) is 16.9. The van der Waals surface area contributed by atoms with Gasteiger partial charge in [-0.25, -0.2) is 0 Å². The molecule has 1 aromatic heterocycles. The maximum absolute atomic E-state index is 4.90. The van der Waals surface area contributed by atoms with Gasteiger partial charge in [-0.1, -0.05) is 36.4 Å². The average molecular weight is 684 g/mol. The van der Waals surface area contributed by atoms with E-state index in [1.807, 2.05) is 0 Å². The van der Waals surface area contributed by atoms with E-state index in [-0.39, 0.29) is 0 Å². The molecule has 0 aliphatic heterocycles. The van der Waals surface area contributed by atoms with Crippen LogP contribution in [0.2, 0.25) is 0 Å².